The fraction of sp³-hybridized carbons (Fsp3) is 0.333. The Labute approximate surface area is 114 Å². The zero-order valence-corrected chi connectivity index (χ0v) is 10.8. The first-order chi connectivity index (χ1) is 8.99. The highest BCUT2D eigenvalue weighted by Crippen LogP contribution is 2.16. The van der Waals surface area contributed by atoms with E-state index in [0.29, 0.717) is 10.8 Å². The van der Waals surface area contributed by atoms with E-state index in [1.54, 1.807) is 24.3 Å². The van der Waals surface area contributed by atoms with Crippen LogP contribution >= 0.6 is 11.6 Å². The quantitative estimate of drug-likeness (QED) is 0.685. The van der Waals surface area contributed by atoms with Crippen molar-refractivity contribution < 1.29 is 24.5 Å². The molecule has 0 fully saturated rings. The number of aliphatic carboxylic acids is 1. The van der Waals surface area contributed by atoms with Gasteiger partial charge in [-0.2, -0.15) is 0 Å². The summed E-state index contributed by atoms with van der Waals surface area (Å²) in [6.07, 6.45) is -1.53. The molecular formula is C12H14ClNO5. The molecule has 0 saturated carbocycles. The molecular weight excluding hydrogens is 274 g/mol. The van der Waals surface area contributed by atoms with Crippen LogP contribution in [0.25, 0.3) is 0 Å². The molecule has 0 radical (unpaired) electrons. The van der Waals surface area contributed by atoms with Crippen molar-refractivity contribution in [2.24, 2.45) is 0 Å². The number of nitrogens with one attached hydrogen (secondary N) is 1. The number of hydrogen-bond donors (Lipinski definition) is 3. The Kier molecular flexibility index (Phi) is 6.11. The highest BCUT2D eigenvalue weighted by atomic mass is 35.5. The molecule has 0 saturated heterocycles. The minimum Gasteiger partial charge on any atom is -0.484 e. The lowest BCUT2D eigenvalue weighted by Crippen LogP contribution is -2.33. The van der Waals surface area contributed by atoms with Crippen molar-refractivity contribution in [1.29, 1.82) is 0 Å². The number of carboxylic acid groups (broad SMARTS) is 1. The first-order valence-corrected chi connectivity index (χ1v) is 5.93. The molecule has 19 heavy (non-hydrogen) atoms. The fourth-order valence-corrected chi connectivity index (χ4v) is 1.41. The number of aliphatic hydroxyl groups is 1. The van der Waals surface area contributed by atoms with Gasteiger partial charge in [0.15, 0.2) is 12.7 Å². The van der Waals surface area contributed by atoms with Gasteiger partial charge in [0.25, 0.3) is 5.91 Å². The van der Waals surface area contributed by atoms with E-state index < -0.39 is 18.0 Å². The lowest BCUT2D eigenvalue weighted by atomic mass is 10.2. The van der Waals surface area contributed by atoms with E-state index in [1.165, 1.54) is 0 Å². The molecule has 0 aromatic heterocycles. The van der Waals surface area contributed by atoms with Gasteiger partial charge in [-0.05, 0) is 18.2 Å². The Morgan fingerprint density at radius 1 is 1.42 bits per heavy atom. The molecule has 3 N–H and O–H groups in total. The molecule has 1 amide bonds. The van der Waals surface area contributed by atoms with E-state index >= 15 is 0 Å². The second kappa shape index (κ2) is 7.60. The molecule has 1 unspecified atom stereocenters. The van der Waals surface area contributed by atoms with Gasteiger partial charge < -0.3 is 20.3 Å². The Bertz CT molecular complexity index is 452. The van der Waals surface area contributed by atoms with E-state index in [0.717, 1.165) is 0 Å². The van der Waals surface area contributed by atoms with Crippen LogP contribution in [-0.2, 0) is 9.59 Å². The first-order valence-electron chi connectivity index (χ1n) is 5.55. The second-order valence-electron chi connectivity index (χ2n) is 3.74. The first kappa shape index (κ1) is 15.3. The highest BCUT2D eigenvalue weighted by molar-refractivity contribution is 6.30. The summed E-state index contributed by atoms with van der Waals surface area (Å²) in [7, 11) is 0. The van der Waals surface area contributed by atoms with E-state index in [9.17, 15) is 9.59 Å². The Hall–Kier alpha value is -1.79. The third kappa shape index (κ3) is 6.08. The molecule has 0 heterocycles. The van der Waals surface area contributed by atoms with Crippen LogP contribution in [0.4, 0.5) is 0 Å². The van der Waals surface area contributed by atoms with Crippen LogP contribution in [0.15, 0.2) is 24.3 Å². The lowest BCUT2D eigenvalue weighted by molar-refractivity contribution is -0.147. The fourth-order valence-electron chi connectivity index (χ4n) is 1.23. The van der Waals surface area contributed by atoms with Crippen molar-refractivity contribution in [2.75, 3.05) is 13.2 Å². The van der Waals surface area contributed by atoms with Crippen molar-refractivity contribution in [3.8, 4) is 5.75 Å². The van der Waals surface area contributed by atoms with Crippen LogP contribution < -0.4 is 10.1 Å². The van der Waals surface area contributed by atoms with Crippen molar-refractivity contribution in [2.45, 2.75) is 12.5 Å². The van der Waals surface area contributed by atoms with Crippen LogP contribution in [-0.4, -0.2) is 41.3 Å². The summed E-state index contributed by atoms with van der Waals surface area (Å²) in [6.45, 7) is -0.144. The summed E-state index contributed by atoms with van der Waals surface area (Å²) in [5, 5.41) is 20.3. The second-order valence-corrected chi connectivity index (χ2v) is 4.18. The maximum atomic E-state index is 11.4. The van der Waals surface area contributed by atoms with Gasteiger partial charge in [-0.1, -0.05) is 17.7 Å². The van der Waals surface area contributed by atoms with Crippen LogP contribution in [0.5, 0.6) is 5.75 Å². The topological polar surface area (TPSA) is 95.9 Å². The molecule has 6 nitrogen and oxygen atoms in total. The zero-order chi connectivity index (χ0) is 14.3. The summed E-state index contributed by atoms with van der Waals surface area (Å²) in [5.74, 6) is -1.25. The Morgan fingerprint density at radius 3 is 2.79 bits per heavy atom. The number of rotatable bonds is 7. The van der Waals surface area contributed by atoms with Crippen LogP contribution in [0.1, 0.15) is 6.42 Å². The third-order valence-corrected chi connectivity index (χ3v) is 2.43. The van der Waals surface area contributed by atoms with Crippen LogP contribution in [0.2, 0.25) is 5.02 Å². The minimum atomic E-state index is -1.48. The molecule has 0 spiro atoms. The number of ether oxygens (including phenoxy) is 1. The molecule has 1 aromatic carbocycles. The lowest BCUT2D eigenvalue weighted by Gasteiger charge is -2.08. The van der Waals surface area contributed by atoms with Gasteiger partial charge >= 0.3 is 5.97 Å². The number of carbonyl (C=O) groups excluding carboxylic acids is 1. The number of benzene rings is 1. The van der Waals surface area contributed by atoms with Crippen molar-refractivity contribution in [3.63, 3.8) is 0 Å². The van der Waals surface area contributed by atoms with Gasteiger partial charge in [0.1, 0.15) is 5.75 Å². The van der Waals surface area contributed by atoms with E-state index in [4.69, 9.17) is 26.6 Å². The van der Waals surface area contributed by atoms with Crippen molar-refractivity contribution in [1.82, 2.24) is 5.32 Å². The molecule has 1 aromatic rings. The molecule has 104 valence electrons. The predicted octanol–water partition coefficient (Wildman–Crippen LogP) is 0.671. The number of carbonyl (C=O) groups is 2. The number of aliphatic hydroxyl groups excluding tert-OH is 1. The molecule has 0 aliphatic carbocycles. The standard InChI is InChI=1S/C12H14ClNO5/c13-8-2-1-3-9(6-8)19-7-11(16)14-5-4-10(15)12(17)18/h1-3,6,10,15H,4-5,7H2,(H,14,16)(H,17,18). The summed E-state index contributed by atoms with van der Waals surface area (Å²) in [4.78, 5) is 21.7. The number of carboxylic acids is 1. The highest BCUT2D eigenvalue weighted by Gasteiger charge is 2.12. The molecule has 0 aliphatic heterocycles. The van der Waals surface area contributed by atoms with E-state index in [1.807, 2.05) is 0 Å². The molecule has 1 atom stereocenters. The minimum absolute atomic E-state index is 0.0573. The van der Waals surface area contributed by atoms with Crippen LogP contribution in [0.3, 0.4) is 0 Å². The third-order valence-electron chi connectivity index (χ3n) is 2.19. The average Bonchev–Trinajstić information content (AvgIpc) is 2.36. The zero-order valence-electron chi connectivity index (χ0n) is 10.0. The predicted molar refractivity (Wildman–Crippen MR) is 68.2 cm³/mol. The summed E-state index contributed by atoms with van der Waals surface area (Å²) in [5.41, 5.74) is 0. The van der Waals surface area contributed by atoms with Crippen molar-refractivity contribution in [3.05, 3.63) is 29.3 Å². The number of halogens is 1. The van der Waals surface area contributed by atoms with Gasteiger partial charge in [-0.15, -0.1) is 0 Å². The maximum absolute atomic E-state index is 11.4. The molecule has 1 rings (SSSR count). The molecule has 7 heteroatoms. The van der Waals surface area contributed by atoms with Gasteiger partial charge in [0, 0.05) is 18.0 Å². The Balaban J connectivity index is 2.23. The Morgan fingerprint density at radius 2 is 2.16 bits per heavy atom. The number of amides is 1. The largest absolute Gasteiger partial charge is 0.484 e. The van der Waals surface area contributed by atoms with Gasteiger partial charge in [-0.25, -0.2) is 4.79 Å². The maximum Gasteiger partial charge on any atom is 0.332 e. The summed E-state index contributed by atoms with van der Waals surface area (Å²) >= 11 is 5.74. The van der Waals surface area contributed by atoms with Gasteiger partial charge in [0.2, 0.25) is 0 Å². The normalized spacial score (nSPS) is 11.7. The summed E-state index contributed by atoms with van der Waals surface area (Å²) < 4.78 is 5.18. The molecule has 0 bridgehead atoms. The van der Waals surface area contributed by atoms with Gasteiger partial charge in [-0.3, -0.25) is 4.79 Å². The van der Waals surface area contributed by atoms with Crippen LogP contribution in [0, 0.1) is 0 Å². The van der Waals surface area contributed by atoms with E-state index in [2.05, 4.69) is 5.32 Å². The smallest absolute Gasteiger partial charge is 0.332 e. The van der Waals surface area contributed by atoms with Gasteiger partial charge in [0.05, 0.1) is 0 Å². The average molecular weight is 288 g/mol. The SMILES string of the molecule is O=C(COc1cccc(Cl)c1)NCCC(O)C(=O)O. The number of hydrogen-bond acceptors (Lipinski definition) is 4. The monoisotopic (exact) mass is 287 g/mol. The summed E-state index contributed by atoms with van der Waals surface area (Å²) in [6, 6.07) is 6.61. The molecule has 0 aliphatic rings. The van der Waals surface area contributed by atoms with E-state index in [-0.39, 0.29) is 19.6 Å². The van der Waals surface area contributed by atoms with Crippen molar-refractivity contribution >= 4 is 23.5 Å².